The minimum absolute atomic E-state index is 0.0290. The van der Waals surface area contributed by atoms with Gasteiger partial charge in [0, 0.05) is 6.54 Å². The SMILES string of the molecule is CC(C)(C)OC(=O)NC(CN1CC(O)CC1=O)C(=O)O. The zero-order valence-corrected chi connectivity index (χ0v) is 11.8. The molecule has 0 aromatic rings. The molecule has 0 aromatic heterocycles. The van der Waals surface area contributed by atoms with Crippen molar-refractivity contribution >= 4 is 18.0 Å². The van der Waals surface area contributed by atoms with Crippen LogP contribution in [0.15, 0.2) is 0 Å². The summed E-state index contributed by atoms with van der Waals surface area (Å²) in [5.74, 6) is -1.61. The predicted molar refractivity (Wildman–Crippen MR) is 68.0 cm³/mol. The van der Waals surface area contributed by atoms with Crippen LogP contribution in [0.4, 0.5) is 4.79 Å². The van der Waals surface area contributed by atoms with E-state index < -0.39 is 29.8 Å². The Bertz CT molecular complexity index is 403. The highest BCUT2D eigenvalue weighted by Gasteiger charge is 2.33. The Labute approximate surface area is 116 Å². The van der Waals surface area contributed by atoms with Crippen molar-refractivity contribution in [2.75, 3.05) is 13.1 Å². The van der Waals surface area contributed by atoms with Crippen LogP contribution in [-0.2, 0) is 14.3 Å². The van der Waals surface area contributed by atoms with Gasteiger partial charge in [-0.25, -0.2) is 9.59 Å². The summed E-state index contributed by atoms with van der Waals surface area (Å²) >= 11 is 0. The average molecular weight is 288 g/mol. The van der Waals surface area contributed by atoms with Crippen LogP contribution in [0.2, 0.25) is 0 Å². The number of carboxylic acid groups (broad SMARTS) is 1. The second kappa shape index (κ2) is 6.08. The van der Waals surface area contributed by atoms with E-state index in [-0.39, 0.29) is 25.4 Å². The van der Waals surface area contributed by atoms with E-state index in [0.717, 1.165) is 0 Å². The molecule has 2 amide bonds. The highest BCUT2D eigenvalue weighted by molar-refractivity contribution is 5.83. The zero-order chi connectivity index (χ0) is 15.5. The Balaban J connectivity index is 2.59. The molecule has 0 aliphatic carbocycles. The van der Waals surface area contributed by atoms with Gasteiger partial charge in [0.25, 0.3) is 0 Å². The number of aliphatic carboxylic acids is 1. The minimum Gasteiger partial charge on any atom is -0.480 e. The average Bonchev–Trinajstić information content (AvgIpc) is 2.53. The topological polar surface area (TPSA) is 116 Å². The molecule has 20 heavy (non-hydrogen) atoms. The first-order chi connectivity index (χ1) is 9.08. The molecule has 8 heteroatoms. The van der Waals surface area contributed by atoms with Crippen LogP contribution in [0.1, 0.15) is 27.2 Å². The number of carbonyl (C=O) groups excluding carboxylic acids is 2. The Morgan fingerprint density at radius 3 is 2.50 bits per heavy atom. The van der Waals surface area contributed by atoms with Crippen LogP contribution >= 0.6 is 0 Å². The maximum atomic E-state index is 11.5. The summed E-state index contributed by atoms with van der Waals surface area (Å²) < 4.78 is 4.96. The number of aliphatic hydroxyl groups excluding tert-OH is 1. The maximum absolute atomic E-state index is 11.5. The lowest BCUT2D eigenvalue weighted by Gasteiger charge is -2.24. The number of aliphatic hydroxyl groups is 1. The molecule has 3 N–H and O–H groups in total. The molecular formula is C12H20N2O6. The number of amides is 2. The molecular weight excluding hydrogens is 268 g/mol. The van der Waals surface area contributed by atoms with E-state index in [1.165, 1.54) is 4.90 Å². The number of hydrogen-bond acceptors (Lipinski definition) is 5. The molecule has 114 valence electrons. The molecule has 0 aromatic carbocycles. The van der Waals surface area contributed by atoms with Crippen molar-refractivity contribution in [1.82, 2.24) is 10.2 Å². The second-order valence-electron chi connectivity index (χ2n) is 5.69. The van der Waals surface area contributed by atoms with Crippen molar-refractivity contribution in [1.29, 1.82) is 0 Å². The van der Waals surface area contributed by atoms with Gasteiger partial charge in [-0.3, -0.25) is 4.79 Å². The van der Waals surface area contributed by atoms with Gasteiger partial charge in [-0.1, -0.05) is 0 Å². The monoisotopic (exact) mass is 288 g/mol. The van der Waals surface area contributed by atoms with Crippen LogP contribution < -0.4 is 5.32 Å². The Kier molecular flexibility index (Phi) is 4.93. The fourth-order valence-electron chi connectivity index (χ4n) is 1.78. The summed E-state index contributed by atoms with van der Waals surface area (Å²) in [6.07, 6.45) is -1.69. The first kappa shape index (κ1) is 16.2. The summed E-state index contributed by atoms with van der Waals surface area (Å²) in [7, 11) is 0. The second-order valence-corrected chi connectivity index (χ2v) is 5.69. The van der Waals surface area contributed by atoms with Gasteiger partial charge >= 0.3 is 12.1 Å². The van der Waals surface area contributed by atoms with Crippen LogP contribution in [-0.4, -0.2) is 63.9 Å². The molecule has 1 fully saturated rings. The van der Waals surface area contributed by atoms with Crippen LogP contribution in [0.5, 0.6) is 0 Å². The van der Waals surface area contributed by atoms with Gasteiger partial charge in [0.1, 0.15) is 11.6 Å². The van der Waals surface area contributed by atoms with Crippen LogP contribution in [0, 0.1) is 0 Å². The number of alkyl carbamates (subject to hydrolysis) is 1. The summed E-state index contributed by atoms with van der Waals surface area (Å²) in [5.41, 5.74) is -0.743. The number of carbonyl (C=O) groups is 3. The predicted octanol–water partition coefficient (Wildman–Crippen LogP) is -0.442. The Morgan fingerprint density at radius 2 is 2.10 bits per heavy atom. The lowest BCUT2D eigenvalue weighted by Crippen LogP contribution is -2.50. The summed E-state index contributed by atoms with van der Waals surface area (Å²) in [6, 6.07) is -1.28. The van der Waals surface area contributed by atoms with Crippen molar-refractivity contribution < 1.29 is 29.3 Å². The molecule has 0 radical (unpaired) electrons. The van der Waals surface area contributed by atoms with Gasteiger partial charge < -0.3 is 25.2 Å². The van der Waals surface area contributed by atoms with Crippen molar-refractivity contribution in [2.45, 2.75) is 44.9 Å². The van der Waals surface area contributed by atoms with Crippen molar-refractivity contribution in [3.63, 3.8) is 0 Å². The molecule has 0 bridgehead atoms. The van der Waals surface area contributed by atoms with Gasteiger partial charge in [-0.2, -0.15) is 0 Å². The van der Waals surface area contributed by atoms with Crippen molar-refractivity contribution in [2.24, 2.45) is 0 Å². The standard InChI is InChI=1S/C12H20N2O6/c1-12(2,3)20-11(19)13-8(10(17)18)6-14-5-7(15)4-9(14)16/h7-8,15H,4-6H2,1-3H3,(H,13,19)(H,17,18). The van der Waals surface area contributed by atoms with Crippen LogP contribution in [0.3, 0.4) is 0 Å². The lowest BCUT2D eigenvalue weighted by molar-refractivity contribution is -0.140. The number of likely N-dealkylation sites (tertiary alicyclic amines) is 1. The van der Waals surface area contributed by atoms with Crippen molar-refractivity contribution in [3.05, 3.63) is 0 Å². The summed E-state index contributed by atoms with van der Waals surface area (Å²) in [4.78, 5) is 35.3. The smallest absolute Gasteiger partial charge is 0.408 e. The van der Waals surface area contributed by atoms with E-state index in [4.69, 9.17) is 9.84 Å². The van der Waals surface area contributed by atoms with Crippen molar-refractivity contribution in [3.8, 4) is 0 Å². The minimum atomic E-state index is -1.28. The number of rotatable bonds is 4. The van der Waals surface area contributed by atoms with E-state index in [1.807, 2.05) is 0 Å². The van der Waals surface area contributed by atoms with Gasteiger partial charge in [-0.05, 0) is 20.8 Å². The van der Waals surface area contributed by atoms with Gasteiger partial charge in [0.2, 0.25) is 5.91 Å². The number of carboxylic acids is 1. The first-order valence-electron chi connectivity index (χ1n) is 6.26. The molecule has 0 saturated carbocycles. The molecule has 1 aliphatic heterocycles. The quantitative estimate of drug-likeness (QED) is 0.645. The fourth-order valence-corrected chi connectivity index (χ4v) is 1.78. The summed E-state index contributed by atoms with van der Waals surface area (Å²) in [6.45, 7) is 4.83. The number of ether oxygens (including phenoxy) is 1. The van der Waals surface area contributed by atoms with E-state index in [1.54, 1.807) is 20.8 Å². The van der Waals surface area contributed by atoms with E-state index in [0.29, 0.717) is 0 Å². The number of nitrogens with zero attached hydrogens (tertiary/aromatic N) is 1. The van der Waals surface area contributed by atoms with Crippen LogP contribution in [0.25, 0.3) is 0 Å². The highest BCUT2D eigenvalue weighted by Crippen LogP contribution is 2.12. The third kappa shape index (κ3) is 5.04. The largest absolute Gasteiger partial charge is 0.480 e. The third-order valence-electron chi connectivity index (χ3n) is 2.59. The number of β-amino-alcohol motifs (C(OH)–C–C–N with tert-alkyl or cyclic N) is 1. The molecule has 1 aliphatic rings. The first-order valence-corrected chi connectivity index (χ1v) is 6.26. The lowest BCUT2D eigenvalue weighted by atomic mass is 10.2. The number of nitrogens with one attached hydrogen (secondary N) is 1. The molecule has 1 saturated heterocycles. The molecule has 0 spiro atoms. The molecule has 8 nitrogen and oxygen atoms in total. The number of hydrogen-bond donors (Lipinski definition) is 3. The van der Waals surface area contributed by atoms with Gasteiger partial charge in [-0.15, -0.1) is 0 Å². The third-order valence-corrected chi connectivity index (χ3v) is 2.59. The Morgan fingerprint density at radius 1 is 1.50 bits per heavy atom. The molecule has 2 atom stereocenters. The Hall–Kier alpha value is -1.83. The summed E-state index contributed by atoms with van der Waals surface area (Å²) in [5, 5.41) is 20.6. The highest BCUT2D eigenvalue weighted by atomic mass is 16.6. The van der Waals surface area contributed by atoms with Gasteiger partial charge in [0.05, 0.1) is 19.1 Å². The fraction of sp³-hybridized carbons (Fsp3) is 0.750. The zero-order valence-electron chi connectivity index (χ0n) is 11.8. The molecule has 1 heterocycles. The normalized spacial score (nSPS) is 20.7. The van der Waals surface area contributed by atoms with E-state index in [2.05, 4.69) is 5.32 Å². The molecule has 2 unspecified atom stereocenters. The van der Waals surface area contributed by atoms with E-state index in [9.17, 15) is 19.5 Å². The molecule has 1 rings (SSSR count). The van der Waals surface area contributed by atoms with E-state index >= 15 is 0 Å². The van der Waals surface area contributed by atoms with Gasteiger partial charge in [0.15, 0.2) is 0 Å². The maximum Gasteiger partial charge on any atom is 0.408 e.